The van der Waals surface area contributed by atoms with Crippen LogP contribution in [0.2, 0.25) is 0 Å². The maximum absolute atomic E-state index is 12.1. The lowest BCUT2D eigenvalue weighted by Gasteiger charge is -2.20. The third-order valence-corrected chi connectivity index (χ3v) is 3.65. The molecule has 0 heterocycles. The first-order valence-electron chi connectivity index (χ1n) is 7.67. The van der Waals surface area contributed by atoms with Crippen molar-refractivity contribution in [2.24, 2.45) is 0 Å². The molecule has 2 rings (SSSR count). The van der Waals surface area contributed by atoms with E-state index in [4.69, 9.17) is 4.74 Å². The number of carbonyl (C=O) groups is 1. The molecule has 0 spiro atoms. The van der Waals surface area contributed by atoms with E-state index in [2.05, 4.69) is 10.6 Å². The Morgan fingerprint density at radius 3 is 2.48 bits per heavy atom. The number of hydrogen-bond acceptors (Lipinski definition) is 7. The predicted molar refractivity (Wildman–Crippen MR) is 95.7 cm³/mol. The van der Waals surface area contributed by atoms with E-state index in [1.165, 1.54) is 24.1 Å². The summed E-state index contributed by atoms with van der Waals surface area (Å²) in [6.07, 6.45) is 0. The van der Waals surface area contributed by atoms with Gasteiger partial charge in [0.25, 0.3) is 16.8 Å². The van der Waals surface area contributed by atoms with Crippen LogP contribution < -0.4 is 21.5 Å². The summed E-state index contributed by atoms with van der Waals surface area (Å²) >= 11 is 0. The van der Waals surface area contributed by atoms with Gasteiger partial charge in [0.2, 0.25) is 0 Å². The van der Waals surface area contributed by atoms with Crippen LogP contribution in [0, 0.1) is 0 Å². The van der Waals surface area contributed by atoms with Crippen molar-refractivity contribution in [2.45, 2.75) is 13.0 Å². The van der Waals surface area contributed by atoms with Crippen LogP contribution in [-0.4, -0.2) is 49.8 Å². The minimum absolute atomic E-state index is 0.0534. The van der Waals surface area contributed by atoms with Gasteiger partial charge in [0.05, 0.1) is 17.9 Å². The Balaban J connectivity index is 2.31. The number of nitrogens with one attached hydrogen (secondary N) is 2. The molecule has 3 N–H and O–H groups in total. The van der Waals surface area contributed by atoms with Crippen molar-refractivity contribution in [3.05, 3.63) is 44.2 Å². The molecular weight excluding hydrogens is 326 g/mol. The Hall–Kier alpha value is -2.87. The van der Waals surface area contributed by atoms with E-state index in [0.717, 1.165) is 0 Å². The number of hydrogen-bond donors (Lipinski definition) is 3. The number of methoxy groups -OCH3 is 1. The molecule has 0 saturated carbocycles. The Kier molecular flexibility index (Phi) is 5.43. The summed E-state index contributed by atoms with van der Waals surface area (Å²) < 4.78 is 4.99. The van der Waals surface area contributed by atoms with Crippen molar-refractivity contribution in [1.29, 1.82) is 0 Å². The highest BCUT2D eigenvalue weighted by molar-refractivity contribution is 5.99. The van der Waals surface area contributed by atoms with E-state index in [1.54, 1.807) is 27.1 Å². The summed E-state index contributed by atoms with van der Waals surface area (Å²) in [6.45, 7) is 2.16. The van der Waals surface area contributed by atoms with E-state index >= 15 is 0 Å². The third kappa shape index (κ3) is 3.63. The minimum atomic E-state index is -0.684. The number of ether oxygens (including phenoxy) is 1. The van der Waals surface area contributed by atoms with Gasteiger partial charge in [-0.05, 0) is 19.1 Å². The van der Waals surface area contributed by atoms with Crippen LogP contribution in [0.1, 0.15) is 17.3 Å². The molecule has 0 unspecified atom stereocenters. The van der Waals surface area contributed by atoms with Crippen molar-refractivity contribution in [1.82, 2.24) is 4.90 Å². The fourth-order valence-electron chi connectivity index (χ4n) is 2.38. The molecule has 134 valence electrons. The first-order valence-corrected chi connectivity index (χ1v) is 7.67. The van der Waals surface area contributed by atoms with E-state index in [9.17, 15) is 19.5 Å². The lowest BCUT2D eigenvalue weighted by atomic mass is 10.1. The molecule has 8 heteroatoms. The number of aromatic hydroxyl groups is 1. The van der Waals surface area contributed by atoms with Gasteiger partial charge in [-0.2, -0.15) is 0 Å². The molecule has 0 saturated heterocycles. The van der Waals surface area contributed by atoms with Crippen molar-refractivity contribution >= 4 is 23.0 Å². The predicted octanol–water partition coefficient (Wildman–Crippen LogP) is 0.880. The maximum atomic E-state index is 12.1. The van der Waals surface area contributed by atoms with Gasteiger partial charge in [0, 0.05) is 27.2 Å². The number of phenolic OH excluding ortho intramolecular Hbond substituents is 1. The Bertz CT molecular complexity index is 852. The van der Waals surface area contributed by atoms with E-state index in [1.807, 2.05) is 0 Å². The van der Waals surface area contributed by atoms with Gasteiger partial charge in [-0.15, -0.1) is 0 Å². The quantitative estimate of drug-likeness (QED) is 0.504. The molecule has 1 atom stereocenters. The number of anilines is 3. The molecule has 0 aliphatic rings. The zero-order valence-corrected chi connectivity index (χ0v) is 14.5. The second kappa shape index (κ2) is 7.35. The molecule has 0 radical (unpaired) electrons. The third-order valence-electron chi connectivity index (χ3n) is 3.65. The van der Waals surface area contributed by atoms with Crippen LogP contribution in [0.15, 0.2) is 27.8 Å². The van der Waals surface area contributed by atoms with Crippen molar-refractivity contribution in [2.75, 3.05) is 38.4 Å². The summed E-state index contributed by atoms with van der Waals surface area (Å²) in [5.41, 5.74) is -0.865. The monoisotopic (exact) mass is 347 g/mol. The number of phenols is 1. The number of benzene rings is 1. The molecule has 8 nitrogen and oxygen atoms in total. The van der Waals surface area contributed by atoms with Crippen LogP contribution in [0.3, 0.4) is 0 Å². The molecule has 0 fully saturated rings. The largest absolute Gasteiger partial charge is 0.505 e. The van der Waals surface area contributed by atoms with Crippen molar-refractivity contribution in [3.63, 3.8) is 0 Å². The highest BCUT2D eigenvalue weighted by Gasteiger charge is 2.24. The summed E-state index contributed by atoms with van der Waals surface area (Å²) in [5.74, 6) is -0.664. The Morgan fingerprint density at radius 1 is 1.24 bits per heavy atom. The lowest BCUT2D eigenvalue weighted by molar-refractivity contribution is 0.0824. The summed E-state index contributed by atoms with van der Waals surface area (Å²) in [4.78, 5) is 37.0. The molecule has 2 aromatic carbocycles. The van der Waals surface area contributed by atoms with Crippen molar-refractivity contribution in [3.8, 4) is 5.75 Å². The van der Waals surface area contributed by atoms with Gasteiger partial charge in [0.15, 0.2) is 5.75 Å². The average molecular weight is 347 g/mol. The average Bonchev–Trinajstić information content (AvgIpc) is 2.58. The SMILES string of the molecule is COC[C@H](C)Nc1c(Nc2cccc(C(=O)N(C)C)c2O)c(=O)c1=O. The van der Waals surface area contributed by atoms with Gasteiger partial charge in [0.1, 0.15) is 11.4 Å². The van der Waals surface area contributed by atoms with Gasteiger partial charge in [-0.3, -0.25) is 14.4 Å². The zero-order valence-electron chi connectivity index (χ0n) is 14.5. The van der Waals surface area contributed by atoms with Gasteiger partial charge >= 0.3 is 0 Å². The summed E-state index contributed by atoms with van der Waals surface area (Å²) in [7, 11) is 4.67. The van der Waals surface area contributed by atoms with Gasteiger partial charge < -0.3 is 25.4 Å². The first-order chi connectivity index (χ1) is 11.8. The highest BCUT2D eigenvalue weighted by Crippen LogP contribution is 2.32. The molecule has 0 aliphatic carbocycles. The number of carbonyl (C=O) groups excluding carboxylic acids is 1. The standard InChI is InChI=1S/C17H21N3O5/c1-9(8-25-4)18-12-13(16(23)15(12)22)19-11-7-5-6-10(14(11)21)17(24)20(2)3/h5-7,9,18-19,21H,8H2,1-4H3/t9-/m0/s1. The molecule has 1 amide bonds. The number of amides is 1. The number of rotatable bonds is 7. The molecule has 0 aromatic heterocycles. The van der Waals surface area contributed by atoms with E-state index in [-0.39, 0.29) is 40.3 Å². The fraction of sp³-hybridized carbons (Fsp3) is 0.353. The molecule has 0 bridgehead atoms. The minimum Gasteiger partial charge on any atom is -0.505 e. The summed E-state index contributed by atoms with van der Waals surface area (Å²) in [6, 6.07) is 4.39. The Morgan fingerprint density at radius 2 is 1.88 bits per heavy atom. The van der Waals surface area contributed by atoms with Crippen LogP contribution in [0.5, 0.6) is 5.75 Å². The summed E-state index contributed by atoms with van der Waals surface area (Å²) in [5, 5.41) is 16.0. The Labute approximate surface area is 144 Å². The normalized spacial score (nSPS) is 12.0. The van der Waals surface area contributed by atoms with Crippen LogP contribution in [0.4, 0.5) is 17.1 Å². The number of nitrogens with zero attached hydrogens (tertiary/aromatic N) is 1. The first kappa shape index (κ1) is 18.5. The second-order valence-electron chi connectivity index (χ2n) is 5.94. The van der Waals surface area contributed by atoms with E-state index < -0.39 is 10.9 Å². The molecule has 2 aromatic rings. The number of para-hydroxylation sites is 1. The zero-order chi connectivity index (χ0) is 18.7. The highest BCUT2D eigenvalue weighted by atomic mass is 16.5. The van der Waals surface area contributed by atoms with Crippen LogP contribution in [-0.2, 0) is 4.74 Å². The van der Waals surface area contributed by atoms with E-state index in [0.29, 0.717) is 6.61 Å². The molecular formula is C17H21N3O5. The fourth-order valence-corrected chi connectivity index (χ4v) is 2.38. The molecule has 0 aliphatic heterocycles. The lowest BCUT2D eigenvalue weighted by Crippen LogP contribution is -2.39. The van der Waals surface area contributed by atoms with Gasteiger partial charge in [-0.1, -0.05) is 6.07 Å². The molecule has 25 heavy (non-hydrogen) atoms. The van der Waals surface area contributed by atoms with Gasteiger partial charge in [-0.25, -0.2) is 0 Å². The van der Waals surface area contributed by atoms with Crippen molar-refractivity contribution < 1.29 is 14.6 Å². The smallest absolute Gasteiger partial charge is 0.257 e. The topological polar surface area (TPSA) is 108 Å². The van der Waals surface area contributed by atoms with Crippen LogP contribution >= 0.6 is 0 Å². The second-order valence-corrected chi connectivity index (χ2v) is 5.94. The maximum Gasteiger partial charge on any atom is 0.257 e. The van der Waals surface area contributed by atoms with Crippen LogP contribution in [0.25, 0.3) is 0 Å².